The standard InChI is InChI=1S/C14H19IN2O2/c1-14(2,3)17-12(18)8-9-16-13(19)10-4-6-11(15)7-5-10/h4-7H,8-9H2,1-3H3,(H,16,19)(H,17,18). The van der Waals surface area contributed by atoms with Gasteiger partial charge >= 0.3 is 0 Å². The zero-order valence-corrected chi connectivity index (χ0v) is 13.6. The van der Waals surface area contributed by atoms with E-state index in [1.807, 2.05) is 32.9 Å². The molecule has 1 aromatic rings. The molecule has 1 rings (SSSR count). The van der Waals surface area contributed by atoms with Gasteiger partial charge in [-0.3, -0.25) is 9.59 Å². The number of carbonyl (C=O) groups excluding carboxylic acids is 2. The summed E-state index contributed by atoms with van der Waals surface area (Å²) in [7, 11) is 0. The van der Waals surface area contributed by atoms with Crippen molar-refractivity contribution in [3.05, 3.63) is 33.4 Å². The topological polar surface area (TPSA) is 58.2 Å². The molecule has 5 heteroatoms. The van der Waals surface area contributed by atoms with Crippen molar-refractivity contribution in [3.8, 4) is 0 Å². The molecule has 0 bridgehead atoms. The monoisotopic (exact) mass is 374 g/mol. The van der Waals surface area contributed by atoms with E-state index in [-0.39, 0.29) is 23.8 Å². The molecule has 0 fully saturated rings. The maximum absolute atomic E-state index is 11.8. The van der Waals surface area contributed by atoms with Gasteiger partial charge in [0.05, 0.1) is 0 Å². The van der Waals surface area contributed by atoms with Crippen LogP contribution >= 0.6 is 22.6 Å². The molecule has 0 unspecified atom stereocenters. The SMILES string of the molecule is CC(C)(C)NC(=O)CCNC(=O)c1ccc(I)cc1. The van der Waals surface area contributed by atoms with Gasteiger partial charge in [0.15, 0.2) is 0 Å². The summed E-state index contributed by atoms with van der Waals surface area (Å²) in [6.07, 6.45) is 0.285. The average Bonchev–Trinajstić information content (AvgIpc) is 2.27. The summed E-state index contributed by atoms with van der Waals surface area (Å²) >= 11 is 2.18. The fraction of sp³-hybridized carbons (Fsp3) is 0.429. The van der Waals surface area contributed by atoms with Crippen LogP contribution in [0.15, 0.2) is 24.3 Å². The molecular weight excluding hydrogens is 355 g/mol. The first kappa shape index (κ1) is 15.9. The van der Waals surface area contributed by atoms with E-state index in [0.717, 1.165) is 3.57 Å². The van der Waals surface area contributed by atoms with Crippen molar-refractivity contribution in [2.24, 2.45) is 0 Å². The minimum absolute atomic E-state index is 0.0598. The molecule has 0 radical (unpaired) electrons. The zero-order valence-electron chi connectivity index (χ0n) is 11.4. The molecule has 0 spiro atoms. The molecule has 4 nitrogen and oxygen atoms in total. The highest BCUT2D eigenvalue weighted by molar-refractivity contribution is 14.1. The third-order valence-electron chi connectivity index (χ3n) is 2.26. The Hall–Kier alpha value is -1.11. The molecule has 0 atom stereocenters. The summed E-state index contributed by atoms with van der Waals surface area (Å²) in [5.74, 6) is -0.213. The first-order valence-electron chi connectivity index (χ1n) is 6.13. The van der Waals surface area contributed by atoms with Crippen LogP contribution in [0.5, 0.6) is 0 Å². The van der Waals surface area contributed by atoms with Crippen molar-refractivity contribution < 1.29 is 9.59 Å². The van der Waals surface area contributed by atoms with Crippen LogP contribution < -0.4 is 10.6 Å². The largest absolute Gasteiger partial charge is 0.352 e. The van der Waals surface area contributed by atoms with E-state index < -0.39 is 0 Å². The van der Waals surface area contributed by atoms with Crippen LogP contribution in [0.25, 0.3) is 0 Å². The molecule has 104 valence electrons. The lowest BCUT2D eigenvalue weighted by Crippen LogP contribution is -2.41. The second kappa shape index (κ2) is 6.88. The average molecular weight is 374 g/mol. The van der Waals surface area contributed by atoms with E-state index in [0.29, 0.717) is 12.1 Å². The zero-order chi connectivity index (χ0) is 14.5. The molecular formula is C14H19IN2O2. The van der Waals surface area contributed by atoms with Crippen LogP contribution in [-0.4, -0.2) is 23.9 Å². The molecule has 0 saturated heterocycles. The fourth-order valence-corrected chi connectivity index (χ4v) is 1.83. The first-order chi connectivity index (χ1) is 8.78. The van der Waals surface area contributed by atoms with Gasteiger partial charge in [0.25, 0.3) is 5.91 Å². The number of nitrogens with one attached hydrogen (secondary N) is 2. The molecule has 0 aliphatic heterocycles. The molecule has 0 aliphatic rings. The predicted molar refractivity (Wildman–Crippen MR) is 84.0 cm³/mol. The van der Waals surface area contributed by atoms with E-state index in [1.54, 1.807) is 12.1 Å². The van der Waals surface area contributed by atoms with E-state index in [4.69, 9.17) is 0 Å². The lowest BCUT2D eigenvalue weighted by atomic mass is 10.1. The summed E-state index contributed by atoms with van der Waals surface area (Å²) in [4.78, 5) is 23.3. The fourth-order valence-electron chi connectivity index (χ4n) is 1.47. The Bertz CT molecular complexity index is 450. The van der Waals surface area contributed by atoms with Crippen LogP contribution in [-0.2, 0) is 4.79 Å². The van der Waals surface area contributed by atoms with Crippen molar-refractivity contribution in [1.82, 2.24) is 10.6 Å². The minimum Gasteiger partial charge on any atom is -0.352 e. The van der Waals surface area contributed by atoms with Crippen molar-refractivity contribution >= 4 is 34.4 Å². The molecule has 0 aliphatic carbocycles. The summed E-state index contributed by atoms with van der Waals surface area (Å²) in [5, 5.41) is 5.58. The number of hydrogen-bond acceptors (Lipinski definition) is 2. The second-order valence-electron chi connectivity index (χ2n) is 5.31. The predicted octanol–water partition coefficient (Wildman–Crippen LogP) is 2.33. The van der Waals surface area contributed by atoms with E-state index in [1.165, 1.54) is 0 Å². The van der Waals surface area contributed by atoms with Crippen molar-refractivity contribution in [1.29, 1.82) is 0 Å². The normalized spacial score (nSPS) is 10.9. The third kappa shape index (κ3) is 6.56. The summed E-state index contributed by atoms with van der Waals surface area (Å²) in [5.41, 5.74) is 0.369. The van der Waals surface area contributed by atoms with Crippen molar-refractivity contribution in [2.75, 3.05) is 6.54 Å². The van der Waals surface area contributed by atoms with Gasteiger partial charge in [-0.1, -0.05) is 0 Å². The van der Waals surface area contributed by atoms with Crippen molar-refractivity contribution in [2.45, 2.75) is 32.7 Å². The van der Waals surface area contributed by atoms with Gasteiger partial charge in [-0.15, -0.1) is 0 Å². The Kier molecular flexibility index (Phi) is 5.78. The van der Waals surface area contributed by atoms with Gasteiger partial charge in [0, 0.05) is 27.6 Å². The van der Waals surface area contributed by atoms with Gasteiger partial charge < -0.3 is 10.6 Å². The quantitative estimate of drug-likeness (QED) is 0.795. The van der Waals surface area contributed by atoms with Crippen LogP contribution in [0.2, 0.25) is 0 Å². The summed E-state index contributed by atoms with van der Waals surface area (Å²) in [6, 6.07) is 7.29. The third-order valence-corrected chi connectivity index (χ3v) is 2.98. The maximum Gasteiger partial charge on any atom is 0.251 e. The van der Waals surface area contributed by atoms with E-state index >= 15 is 0 Å². The molecule has 0 saturated carbocycles. The number of benzene rings is 1. The van der Waals surface area contributed by atoms with Crippen LogP contribution in [0.3, 0.4) is 0 Å². The summed E-state index contributed by atoms with van der Waals surface area (Å²) < 4.78 is 1.08. The molecule has 2 amide bonds. The molecule has 0 heterocycles. The van der Waals surface area contributed by atoms with Crippen molar-refractivity contribution in [3.63, 3.8) is 0 Å². The Labute approximate surface area is 127 Å². The van der Waals surface area contributed by atoms with Crippen LogP contribution in [0.4, 0.5) is 0 Å². The number of amides is 2. The first-order valence-corrected chi connectivity index (χ1v) is 7.20. The number of rotatable bonds is 4. The van der Waals surface area contributed by atoms with Gasteiger partial charge in [-0.05, 0) is 67.6 Å². The number of carbonyl (C=O) groups is 2. The maximum atomic E-state index is 11.8. The summed E-state index contributed by atoms with van der Waals surface area (Å²) in [6.45, 7) is 6.12. The second-order valence-corrected chi connectivity index (χ2v) is 6.56. The van der Waals surface area contributed by atoms with Gasteiger partial charge in [-0.25, -0.2) is 0 Å². The highest BCUT2D eigenvalue weighted by atomic mass is 127. The Morgan fingerprint density at radius 1 is 1.16 bits per heavy atom. The lowest BCUT2D eigenvalue weighted by Gasteiger charge is -2.20. The lowest BCUT2D eigenvalue weighted by molar-refractivity contribution is -0.122. The van der Waals surface area contributed by atoms with Crippen LogP contribution in [0.1, 0.15) is 37.6 Å². The van der Waals surface area contributed by atoms with E-state index in [2.05, 4.69) is 33.2 Å². The van der Waals surface area contributed by atoms with Crippen LogP contribution in [0, 0.1) is 3.57 Å². The van der Waals surface area contributed by atoms with Gasteiger partial charge in [-0.2, -0.15) is 0 Å². The highest BCUT2D eigenvalue weighted by Crippen LogP contribution is 2.06. The number of halogens is 1. The Morgan fingerprint density at radius 2 is 1.74 bits per heavy atom. The highest BCUT2D eigenvalue weighted by Gasteiger charge is 2.13. The minimum atomic E-state index is -0.239. The Balaban J connectivity index is 2.35. The van der Waals surface area contributed by atoms with Gasteiger partial charge in [0.1, 0.15) is 0 Å². The molecule has 2 N–H and O–H groups in total. The van der Waals surface area contributed by atoms with E-state index in [9.17, 15) is 9.59 Å². The molecule has 19 heavy (non-hydrogen) atoms. The number of hydrogen-bond donors (Lipinski definition) is 2. The molecule has 0 aromatic heterocycles. The Morgan fingerprint density at radius 3 is 2.26 bits per heavy atom. The smallest absolute Gasteiger partial charge is 0.251 e. The van der Waals surface area contributed by atoms with Gasteiger partial charge in [0.2, 0.25) is 5.91 Å². The molecule has 1 aromatic carbocycles.